The van der Waals surface area contributed by atoms with E-state index in [2.05, 4.69) is 0 Å². The predicted molar refractivity (Wildman–Crippen MR) is 119 cm³/mol. The van der Waals surface area contributed by atoms with Crippen molar-refractivity contribution in [2.75, 3.05) is 6.61 Å². The van der Waals surface area contributed by atoms with Gasteiger partial charge in [0.2, 0.25) is 0 Å². The first kappa shape index (κ1) is 21.5. The fourth-order valence-electron chi connectivity index (χ4n) is 3.01. The number of ether oxygens (including phenoxy) is 1. The van der Waals surface area contributed by atoms with Crippen LogP contribution in [0.4, 0.5) is 0 Å². The van der Waals surface area contributed by atoms with Crippen LogP contribution in [0.3, 0.4) is 0 Å². The Labute approximate surface area is 180 Å². The first-order chi connectivity index (χ1) is 13.9. The van der Waals surface area contributed by atoms with Crippen LogP contribution in [0.5, 0.6) is 5.75 Å². The fourth-order valence-corrected chi connectivity index (χ4v) is 4.14. The van der Waals surface area contributed by atoms with Gasteiger partial charge in [-0.2, -0.15) is 0 Å². The van der Waals surface area contributed by atoms with Gasteiger partial charge in [0.1, 0.15) is 5.75 Å². The van der Waals surface area contributed by atoms with Gasteiger partial charge in [-0.1, -0.05) is 56.6 Å². The summed E-state index contributed by atoms with van der Waals surface area (Å²) in [5.41, 5.74) is 2.05. The topological polar surface area (TPSA) is 46.6 Å². The van der Waals surface area contributed by atoms with Gasteiger partial charge in [0.15, 0.2) is 0 Å². The highest BCUT2D eigenvalue weighted by Gasteiger charge is 2.39. The van der Waals surface area contributed by atoms with E-state index >= 15 is 0 Å². The van der Waals surface area contributed by atoms with Crippen LogP contribution >= 0.6 is 23.4 Å². The van der Waals surface area contributed by atoms with Gasteiger partial charge >= 0.3 is 0 Å². The number of rotatable bonds is 8. The standard InChI is InChI=1S/C23H24ClNO3S/c1-4-13-28-19-11-7-17(8-12-19)20-21(29-15(2)3)23(27)25(22(20)26)14-16-5-9-18(24)10-6-16/h5-12,15H,4,13-14H2,1-3H3. The third-order valence-electron chi connectivity index (χ3n) is 4.35. The number of carbonyl (C=O) groups is 2. The summed E-state index contributed by atoms with van der Waals surface area (Å²) in [7, 11) is 0. The highest BCUT2D eigenvalue weighted by atomic mass is 35.5. The minimum Gasteiger partial charge on any atom is -0.494 e. The van der Waals surface area contributed by atoms with Crippen LogP contribution in [-0.2, 0) is 16.1 Å². The lowest BCUT2D eigenvalue weighted by Crippen LogP contribution is -2.31. The second-order valence-electron chi connectivity index (χ2n) is 7.07. The summed E-state index contributed by atoms with van der Waals surface area (Å²) < 4.78 is 5.63. The highest BCUT2D eigenvalue weighted by molar-refractivity contribution is 8.04. The van der Waals surface area contributed by atoms with E-state index in [1.807, 2.05) is 57.2 Å². The van der Waals surface area contributed by atoms with Crippen molar-refractivity contribution in [2.45, 2.75) is 39.0 Å². The van der Waals surface area contributed by atoms with Crippen molar-refractivity contribution in [1.82, 2.24) is 4.90 Å². The molecule has 4 nitrogen and oxygen atoms in total. The van der Waals surface area contributed by atoms with Gasteiger partial charge in [0.05, 0.1) is 23.6 Å². The SMILES string of the molecule is CCCOc1ccc(C2=C(SC(C)C)C(=O)N(Cc3ccc(Cl)cc3)C2=O)cc1. The number of carbonyl (C=O) groups excluding carboxylic acids is 2. The molecule has 0 atom stereocenters. The minimum absolute atomic E-state index is 0.180. The van der Waals surface area contributed by atoms with E-state index in [1.165, 1.54) is 16.7 Å². The van der Waals surface area contributed by atoms with Crippen LogP contribution < -0.4 is 4.74 Å². The van der Waals surface area contributed by atoms with Gasteiger partial charge in [0.25, 0.3) is 11.8 Å². The number of hydrogen-bond donors (Lipinski definition) is 0. The lowest BCUT2D eigenvalue weighted by molar-refractivity contribution is -0.137. The average Bonchev–Trinajstić information content (AvgIpc) is 2.92. The second kappa shape index (κ2) is 9.51. The maximum atomic E-state index is 13.2. The number of halogens is 1. The van der Waals surface area contributed by atoms with Crippen LogP contribution in [0.1, 0.15) is 38.3 Å². The predicted octanol–water partition coefficient (Wildman–Crippen LogP) is 5.55. The molecule has 3 rings (SSSR count). The minimum atomic E-state index is -0.268. The summed E-state index contributed by atoms with van der Waals surface area (Å²) in [5.74, 6) is 0.240. The van der Waals surface area contributed by atoms with Gasteiger partial charge in [-0.25, -0.2) is 0 Å². The first-order valence-electron chi connectivity index (χ1n) is 9.65. The monoisotopic (exact) mass is 429 g/mol. The van der Waals surface area contributed by atoms with Gasteiger partial charge in [-0.05, 0) is 41.8 Å². The normalized spacial score (nSPS) is 14.3. The van der Waals surface area contributed by atoms with E-state index in [4.69, 9.17) is 16.3 Å². The molecule has 0 spiro atoms. The molecule has 2 amide bonds. The van der Waals surface area contributed by atoms with Crippen molar-refractivity contribution >= 4 is 40.8 Å². The molecule has 0 fully saturated rings. The molecular formula is C23H24ClNO3S. The zero-order valence-corrected chi connectivity index (χ0v) is 18.3. The Kier molecular flexibility index (Phi) is 7.04. The molecule has 0 radical (unpaired) electrons. The number of benzene rings is 2. The molecule has 0 aromatic heterocycles. The molecule has 1 heterocycles. The van der Waals surface area contributed by atoms with E-state index in [1.54, 1.807) is 12.1 Å². The lowest BCUT2D eigenvalue weighted by Gasteiger charge is -2.15. The number of nitrogens with zero attached hydrogens (tertiary/aromatic N) is 1. The third kappa shape index (κ3) is 5.03. The Morgan fingerprint density at radius 1 is 1.00 bits per heavy atom. The summed E-state index contributed by atoms with van der Waals surface area (Å²) >= 11 is 7.37. The van der Waals surface area contributed by atoms with Crippen molar-refractivity contribution in [1.29, 1.82) is 0 Å². The molecule has 0 bridgehead atoms. The molecule has 2 aromatic carbocycles. The zero-order valence-electron chi connectivity index (χ0n) is 16.8. The fraction of sp³-hybridized carbons (Fsp3) is 0.304. The Hall–Kier alpha value is -2.24. The van der Waals surface area contributed by atoms with Crippen LogP contribution in [0.2, 0.25) is 5.02 Å². The molecule has 0 saturated carbocycles. The Morgan fingerprint density at radius 3 is 2.24 bits per heavy atom. The summed E-state index contributed by atoms with van der Waals surface area (Å²) in [5, 5.41) is 0.799. The third-order valence-corrected chi connectivity index (χ3v) is 5.69. The largest absolute Gasteiger partial charge is 0.494 e. The van der Waals surface area contributed by atoms with Crippen molar-refractivity contribution < 1.29 is 14.3 Å². The van der Waals surface area contributed by atoms with Crippen LogP contribution in [0.25, 0.3) is 5.57 Å². The maximum Gasteiger partial charge on any atom is 0.268 e. The van der Waals surface area contributed by atoms with Gasteiger partial charge in [-0.3, -0.25) is 14.5 Å². The van der Waals surface area contributed by atoms with Crippen molar-refractivity contribution in [3.63, 3.8) is 0 Å². The zero-order chi connectivity index (χ0) is 21.0. The van der Waals surface area contributed by atoms with E-state index in [-0.39, 0.29) is 23.6 Å². The molecule has 152 valence electrons. The van der Waals surface area contributed by atoms with E-state index in [0.717, 1.165) is 23.3 Å². The molecule has 1 aliphatic heterocycles. The molecule has 0 unspecified atom stereocenters. The summed E-state index contributed by atoms with van der Waals surface area (Å²) in [4.78, 5) is 28.1. The van der Waals surface area contributed by atoms with Gasteiger partial charge in [-0.15, -0.1) is 11.8 Å². The lowest BCUT2D eigenvalue weighted by atomic mass is 10.1. The quantitative estimate of drug-likeness (QED) is 0.516. The Bertz CT molecular complexity index is 920. The van der Waals surface area contributed by atoms with Crippen molar-refractivity contribution in [2.24, 2.45) is 0 Å². The number of thioether (sulfide) groups is 1. The molecular weight excluding hydrogens is 406 g/mol. The van der Waals surface area contributed by atoms with Crippen LogP contribution in [0.15, 0.2) is 53.4 Å². The van der Waals surface area contributed by atoms with Gasteiger partial charge in [0, 0.05) is 10.3 Å². The van der Waals surface area contributed by atoms with E-state index < -0.39 is 0 Å². The summed E-state index contributed by atoms with van der Waals surface area (Å²) in [6.07, 6.45) is 0.925. The molecule has 0 N–H and O–H groups in total. The average molecular weight is 430 g/mol. The van der Waals surface area contributed by atoms with Crippen LogP contribution in [-0.4, -0.2) is 28.6 Å². The highest BCUT2D eigenvalue weighted by Crippen LogP contribution is 2.38. The Balaban J connectivity index is 1.91. The Morgan fingerprint density at radius 2 is 1.66 bits per heavy atom. The smallest absolute Gasteiger partial charge is 0.268 e. The second-order valence-corrected chi connectivity index (χ2v) is 9.09. The molecule has 0 aliphatic carbocycles. The first-order valence-corrected chi connectivity index (χ1v) is 10.9. The van der Waals surface area contributed by atoms with Crippen molar-refractivity contribution in [3.8, 4) is 5.75 Å². The number of imide groups is 1. The van der Waals surface area contributed by atoms with Gasteiger partial charge < -0.3 is 4.74 Å². The van der Waals surface area contributed by atoms with Crippen LogP contribution in [0, 0.1) is 0 Å². The van der Waals surface area contributed by atoms with E-state index in [9.17, 15) is 9.59 Å². The summed E-state index contributed by atoms with van der Waals surface area (Å²) in [6, 6.07) is 14.6. The molecule has 2 aromatic rings. The summed E-state index contributed by atoms with van der Waals surface area (Å²) in [6.45, 7) is 6.93. The number of amides is 2. The van der Waals surface area contributed by atoms with E-state index in [0.29, 0.717) is 22.1 Å². The maximum absolute atomic E-state index is 13.2. The molecule has 29 heavy (non-hydrogen) atoms. The molecule has 1 aliphatic rings. The van der Waals surface area contributed by atoms with Crippen molar-refractivity contribution in [3.05, 3.63) is 69.6 Å². The molecule has 6 heteroatoms. The number of hydrogen-bond acceptors (Lipinski definition) is 4. The molecule has 0 saturated heterocycles.